The zero-order valence-electron chi connectivity index (χ0n) is 10.8. The van der Waals surface area contributed by atoms with Crippen molar-refractivity contribution >= 4 is 39.1 Å². The molecule has 1 aromatic carbocycles. The number of hydrogen-bond acceptors (Lipinski definition) is 5. The van der Waals surface area contributed by atoms with Gasteiger partial charge >= 0.3 is 5.97 Å². The normalized spacial score (nSPS) is 11.9. The molecule has 0 aliphatic carbocycles. The van der Waals surface area contributed by atoms with Gasteiger partial charge < -0.3 is 15.5 Å². The van der Waals surface area contributed by atoms with E-state index in [4.69, 9.17) is 5.11 Å². The number of halogens is 1. The Kier molecular flexibility index (Phi) is 4.59. The third-order valence-corrected chi connectivity index (χ3v) is 4.18. The number of benzene rings is 1. The van der Waals surface area contributed by atoms with E-state index in [2.05, 4.69) is 26.2 Å². The van der Waals surface area contributed by atoms with E-state index in [-0.39, 0.29) is 17.0 Å². The average Bonchev–Trinajstić information content (AvgIpc) is 2.91. The molecule has 0 saturated heterocycles. The highest BCUT2D eigenvalue weighted by atomic mass is 79.9. The summed E-state index contributed by atoms with van der Waals surface area (Å²) in [4.78, 5) is 26.8. The molecule has 0 bridgehead atoms. The Hall–Kier alpha value is -1.93. The maximum absolute atomic E-state index is 12.1. The monoisotopic (exact) mass is 370 g/mol. The van der Waals surface area contributed by atoms with Crippen LogP contribution in [-0.2, 0) is 0 Å². The number of nitrogens with zero attached hydrogens (tertiary/aromatic N) is 1. The first-order valence-electron chi connectivity index (χ1n) is 5.86. The standard InChI is InChI=1S/C13H11BrN2O4S/c1-6(12-16-9(5-21-12)13(19)20)15-11(18)8-4-7(14)2-3-10(8)17/h2-6,17H,1H3,(H,15,18)(H,19,20). The smallest absolute Gasteiger partial charge is 0.355 e. The molecule has 0 fully saturated rings. The number of carbonyl (C=O) groups is 2. The molecule has 0 aliphatic heterocycles. The second kappa shape index (κ2) is 6.23. The Balaban J connectivity index is 2.14. The Morgan fingerprint density at radius 1 is 1.43 bits per heavy atom. The number of amides is 1. The number of carboxylic acid groups (broad SMARTS) is 1. The van der Waals surface area contributed by atoms with Crippen LogP contribution in [-0.4, -0.2) is 27.1 Å². The molecule has 2 rings (SSSR count). The topological polar surface area (TPSA) is 99.5 Å². The third-order valence-electron chi connectivity index (χ3n) is 2.66. The van der Waals surface area contributed by atoms with Gasteiger partial charge in [0.1, 0.15) is 10.8 Å². The summed E-state index contributed by atoms with van der Waals surface area (Å²) in [7, 11) is 0. The van der Waals surface area contributed by atoms with Crippen molar-refractivity contribution in [3.63, 3.8) is 0 Å². The summed E-state index contributed by atoms with van der Waals surface area (Å²) in [5.74, 6) is -1.71. The summed E-state index contributed by atoms with van der Waals surface area (Å²) < 4.78 is 0.667. The summed E-state index contributed by atoms with van der Waals surface area (Å²) >= 11 is 4.38. The molecule has 0 radical (unpaired) electrons. The minimum atomic E-state index is -1.11. The Morgan fingerprint density at radius 2 is 2.14 bits per heavy atom. The minimum absolute atomic E-state index is 0.0543. The molecule has 8 heteroatoms. The first kappa shape index (κ1) is 15.5. The van der Waals surface area contributed by atoms with Crippen LogP contribution in [0.3, 0.4) is 0 Å². The zero-order valence-corrected chi connectivity index (χ0v) is 13.2. The number of aromatic hydroxyl groups is 1. The molecule has 0 saturated carbocycles. The first-order chi connectivity index (χ1) is 9.88. The van der Waals surface area contributed by atoms with Crippen molar-refractivity contribution in [3.05, 3.63) is 44.3 Å². The van der Waals surface area contributed by atoms with Crippen molar-refractivity contribution in [2.24, 2.45) is 0 Å². The summed E-state index contributed by atoms with van der Waals surface area (Å²) in [6.45, 7) is 1.69. The van der Waals surface area contributed by atoms with Gasteiger partial charge in [0.15, 0.2) is 5.69 Å². The van der Waals surface area contributed by atoms with Crippen LogP contribution in [0.25, 0.3) is 0 Å². The van der Waals surface area contributed by atoms with E-state index in [0.717, 1.165) is 11.3 Å². The second-order valence-electron chi connectivity index (χ2n) is 4.23. The van der Waals surface area contributed by atoms with E-state index >= 15 is 0 Å². The van der Waals surface area contributed by atoms with Gasteiger partial charge in [0.2, 0.25) is 0 Å². The van der Waals surface area contributed by atoms with Gasteiger partial charge in [-0.2, -0.15) is 0 Å². The fraction of sp³-hybridized carbons (Fsp3) is 0.154. The van der Waals surface area contributed by atoms with Crippen LogP contribution in [0.15, 0.2) is 28.1 Å². The molecule has 1 aromatic heterocycles. The molecule has 21 heavy (non-hydrogen) atoms. The summed E-state index contributed by atoms with van der Waals surface area (Å²) in [6, 6.07) is 4.07. The highest BCUT2D eigenvalue weighted by Crippen LogP contribution is 2.23. The van der Waals surface area contributed by atoms with Gasteiger partial charge in [-0.25, -0.2) is 9.78 Å². The number of phenolic OH excluding ortho intramolecular Hbond substituents is 1. The molecule has 2 aromatic rings. The lowest BCUT2D eigenvalue weighted by atomic mass is 10.2. The van der Waals surface area contributed by atoms with Crippen molar-refractivity contribution in [1.82, 2.24) is 10.3 Å². The van der Waals surface area contributed by atoms with E-state index in [9.17, 15) is 14.7 Å². The van der Waals surface area contributed by atoms with E-state index in [1.54, 1.807) is 13.0 Å². The number of hydrogen-bond donors (Lipinski definition) is 3. The maximum Gasteiger partial charge on any atom is 0.355 e. The van der Waals surface area contributed by atoms with Crippen molar-refractivity contribution in [2.45, 2.75) is 13.0 Å². The van der Waals surface area contributed by atoms with E-state index in [0.29, 0.717) is 9.48 Å². The summed E-state index contributed by atoms with van der Waals surface area (Å²) in [6.07, 6.45) is 0. The largest absolute Gasteiger partial charge is 0.507 e. The molecular weight excluding hydrogens is 360 g/mol. The molecule has 1 atom stereocenters. The van der Waals surface area contributed by atoms with Crippen LogP contribution in [0.2, 0.25) is 0 Å². The number of carbonyl (C=O) groups excluding carboxylic acids is 1. The van der Waals surface area contributed by atoms with Crippen molar-refractivity contribution < 1.29 is 19.8 Å². The van der Waals surface area contributed by atoms with Gasteiger partial charge in [0, 0.05) is 9.85 Å². The molecule has 110 valence electrons. The fourth-order valence-corrected chi connectivity index (χ4v) is 2.77. The van der Waals surface area contributed by atoms with Gasteiger partial charge in [-0.15, -0.1) is 11.3 Å². The predicted octanol–water partition coefficient (Wildman–Crippen LogP) is 2.80. The van der Waals surface area contributed by atoms with Crippen LogP contribution in [0.4, 0.5) is 0 Å². The SMILES string of the molecule is CC(NC(=O)c1cc(Br)ccc1O)c1nc(C(=O)O)cs1. The van der Waals surface area contributed by atoms with E-state index in [1.807, 2.05) is 0 Å². The van der Waals surface area contributed by atoms with Crippen molar-refractivity contribution in [3.8, 4) is 5.75 Å². The van der Waals surface area contributed by atoms with Gasteiger partial charge in [-0.3, -0.25) is 4.79 Å². The van der Waals surface area contributed by atoms with Crippen molar-refractivity contribution in [1.29, 1.82) is 0 Å². The maximum atomic E-state index is 12.1. The molecular formula is C13H11BrN2O4S. The lowest BCUT2D eigenvalue weighted by molar-refractivity contribution is 0.0691. The second-order valence-corrected chi connectivity index (χ2v) is 6.04. The molecule has 0 aliphatic rings. The van der Waals surface area contributed by atoms with Crippen LogP contribution < -0.4 is 5.32 Å². The number of aromatic nitrogens is 1. The summed E-state index contributed by atoms with van der Waals surface area (Å²) in [5, 5.41) is 23.1. The van der Waals surface area contributed by atoms with Crippen LogP contribution in [0, 0.1) is 0 Å². The number of thiazole rings is 1. The molecule has 1 unspecified atom stereocenters. The van der Waals surface area contributed by atoms with Gasteiger partial charge in [0.25, 0.3) is 5.91 Å². The van der Waals surface area contributed by atoms with Crippen molar-refractivity contribution in [2.75, 3.05) is 0 Å². The zero-order chi connectivity index (χ0) is 15.6. The summed E-state index contributed by atoms with van der Waals surface area (Å²) in [5.41, 5.74) is 0.0765. The number of rotatable bonds is 4. The number of aromatic carboxylic acids is 1. The highest BCUT2D eigenvalue weighted by Gasteiger charge is 2.18. The van der Waals surface area contributed by atoms with Gasteiger partial charge in [0.05, 0.1) is 11.6 Å². The van der Waals surface area contributed by atoms with Crippen LogP contribution in [0.1, 0.15) is 38.8 Å². The lowest BCUT2D eigenvalue weighted by Gasteiger charge is -2.12. The quantitative estimate of drug-likeness (QED) is 0.768. The molecule has 1 heterocycles. The number of nitrogens with one attached hydrogen (secondary N) is 1. The predicted molar refractivity (Wildman–Crippen MR) is 80.8 cm³/mol. The number of phenols is 1. The minimum Gasteiger partial charge on any atom is -0.507 e. The molecule has 3 N–H and O–H groups in total. The molecule has 1 amide bonds. The molecule has 0 spiro atoms. The van der Waals surface area contributed by atoms with Gasteiger partial charge in [-0.05, 0) is 25.1 Å². The van der Waals surface area contributed by atoms with E-state index in [1.165, 1.54) is 17.5 Å². The fourth-order valence-electron chi connectivity index (χ4n) is 1.61. The Labute approximate surface area is 132 Å². The number of carboxylic acids is 1. The lowest BCUT2D eigenvalue weighted by Crippen LogP contribution is -2.26. The highest BCUT2D eigenvalue weighted by molar-refractivity contribution is 9.10. The van der Waals surface area contributed by atoms with Crippen LogP contribution >= 0.6 is 27.3 Å². The van der Waals surface area contributed by atoms with Gasteiger partial charge in [-0.1, -0.05) is 15.9 Å². The van der Waals surface area contributed by atoms with Crippen LogP contribution in [0.5, 0.6) is 5.75 Å². The Morgan fingerprint density at radius 3 is 2.76 bits per heavy atom. The van der Waals surface area contributed by atoms with E-state index < -0.39 is 17.9 Å². The third kappa shape index (κ3) is 3.59. The average molecular weight is 371 g/mol. The first-order valence-corrected chi connectivity index (χ1v) is 7.54. The molecule has 6 nitrogen and oxygen atoms in total. The Bertz CT molecular complexity index is 701.